The third kappa shape index (κ3) is 18.3. The van der Waals surface area contributed by atoms with Gasteiger partial charge in [0.25, 0.3) is 0 Å². The van der Waals surface area contributed by atoms with Crippen molar-refractivity contribution in [1.29, 1.82) is 0 Å². The monoisotopic (exact) mass is 398 g/mol. The summed E-state index contributed by atoms with van der Waals surface area (Å²) in [6.07, 6.45) is 17.9. The van der Waals surface area contributed by atoms with Crippen LogP contribution in [-0.2, 0) is 19.1 Å². The van der Waals surface area contributed by atoms with Crippen molar-refractivity contribution in [2.45, 2.75) is 143 Å². The number of hydrogen-bond acceptors (Lipinski definition) is 4. The summed E-state index contributed by atoms with van der Waals surface area (Å²) < 4.78 is 10.8. The molecule has 0 amide bonds. The summed E-state index contributed by atoms with van der Waals surface area (Å²) in [6.45, 7) is 6.43. The maximum atomic E-state index is 12.0. The molecule has 4 heteroatoms. The van der Waals surface area contributed by atoms with Crippen molar-refractivity contribution >= 4 is 11.9 Å². The van der Waals surface area contributed by atoms with Crippen LogP contribution < -0.4 is 0 Å². The van der Waals surface area contributed by atoms with Crippen LogP contribution in [0.15, 0.2) is 0 Å². The average Bonchev–Trinajstić information content (AvgIpc) is 2.66. The second-order valence-corrected chi connectivity index (χ2v) is 7.94. The van der Waals surface area contributed by atoms with Crippen molar-refractivity contribution in [3.05, 3.63) is 0 Å². The van der Waals surface area contributed by atoms with Gasteiger partial charge in [0.15, 0.2) is 0 Å². The Hall–Kier alpha value is -1.06. The van der Waals surface area contributed by atoms with Gasteiger partial charge in [-0.3, -0.25) is 9.59 Å². The highest BCUT2D eigenvalue weighted by Crippen LogP contribution is 2.13. The smallest absolute Gasteiger partial charge is 0.308 e. The van der Waals surface area contributed by atoms with Crippen LogP contribution in [-0.4, -0.2) is 18.2 Å². The number of rotatable bonds is 20. The molecule has 4 nitrogen and oxygen atoms in total. The Morgan fingerprint density at radius 2 is 0.893 bits per heavy atom. The maximum absolute atomic E-state index is 12.0. The first-order chi connectivity index (χ1) is 13.6. The minimum absolute atomic E-state index is 0.240. The predicted octanol–water partition coefficient (Wildman–Crippen LogP) is 7.48. The molecular formula is C24H46O4. The van der Waals surface area contributed by atoms with Crippen molar-refractivity contribution in [3.63, 3.8) is 0 Å². The molecule has 0 atom stereocenters. The molecule has 0 aliphatic rings. The molecule has 0 aromatic heterocycles. The summed E-state index contributed by atoms with van der Waals surface area (Å²) in [4.78, 5) is 24.0. The molecule has 0 saturated heterocycles. The highest BCUT2D eigenvalue weighted by molar-refractivity contribution is 5.71. The van der Waals surface area contributed by atoms with Crippen LogP contribution in [0.3, 0.4) is 0 Å². The van der Waals surface area contributed by atoms with E-state index in [-0.39, 0.29) is 11.9 Å². The highest BCUT2D eigenvalue weighted by atomic mass is 16.7. The van der Waals surface area contributed by atoms with Gasteiger partial charge in [-0.05, 0) is 19.3 Å². The van der Waals surface area contributed by atoms with Crippen LogP contribution in [0.4, 0.5) is 0 Å². The van der Waals surface area contributed by atoms with Crippen molar-refractivity contribution in [2.75, 3.05) is 0 Å². The van der Waals surface area contributed by atoms with Gasteiger partial charge >= 0.3 is 11.9 Å². The SMILES string of the molecule is CCCCCCCCCC(=O)OC(CCC)OC(=O)CCCCCCCCC. The summed E-state index contributed by atoms with van der Waals surface area (Å²) in [7, 11) is 0. The minimum atomic E-state index is -0.709. The minimum Gasteiger partial charge on any atom is -0.425 e. The maximum Gasteiger partial charge on any atom is 0.308 e. The Morgan fingerprint density at radius 3 is 1.25 bits per heavy atom. The van der Waals surface area contributed by atoms with E-state index in [0.29, 0.717) is 19.3 Å². The number of esters is 2. The van der Waals surface area contributed by atoms with Gasteiger partial charge in [0.2, 0.25) is 6.29 Å². The van der Waals surface area contributed by atoms with E-state index in [1.807, 2.05) is 6.92 Å². The Kier molecular flexibility index (Phi) is 19.9. The molecule has 166 valence electrons. The molecule has 0 unspecified atom stereocenters. The first-order valence-corrected chi connectivity index (χ1v) is 12.0. The van der Waals surface area contributed by atoms with Crippen LogP contribution in [0.1, 0.15) is 136 Å². The van der Waals surface area contributed by atoms with E-state index in [1.54, 1.807) is 0 Å². The average molecular weight is 399 g/mol. The molecule has 0 bridgehead atoms. The molecule has 0 aromatic rings. The molecule has 28 heavy (non-hydrogen) atoms. The highest BCUT2D eigenvalue weighted by Gasteiger charge is 2.17. The van der Waals surface area contributed by atoms with Gasteiger partial charge in [0.1, 0.15) is 0 Å². The van der Waals surface area contributed by atoms with E-state index in [1.165, 1.54) is 64.2 Å². The largest absolute Gasteiger partial charge is 0.425 e. The number of hydrogen-bond donors (Lipinski definition) is 0. The topological polar surface area (TPSA) is 52.6 Å². The summed E-state index contributed by atoms with van der Waals surface area (Å²) in [5, 5.41) is 0. The van der Waals surface area contributed by atoms with E-state index in [0.717, 1.165) is 32.1 Å². The van der Waals surface area contributed by atoms with E-state index in [2.05, 4.69) is 13.8 Å². The molecule has 0 spiro atoms. The fraction of sp³-hybridized carbons (Fsp3) is 0.917. The number of unbranched alkanes of at least 4 members (excludes halogenated alkanes) is 12. The lowest BCUT2D eigenvalue weighted by Crippen LogP contribution is -2.24. The molecule has 0 saturated carbocycles. The van der Waals surface area contributed by atoms with Gasteiger partial charge < -0.3 is 9.47 Å². The fourth-order valence-corrected chi connectivity index (χ4v) is 3.24. The standard InChI is InChI=1S/C24H46O4/c1-4-7-9-11-13-15-17-20-22(25)27-24(19-6-3)28-23(26)21-18-16-14-12-10-8-5-2/h24H,4-21H2,1-3H3. The van der Waals surface area contributed by atoms with Crippen LogP contribution in [0.2, 0.25) is 0 Å². The van der Waals surface area contributed by atoms with Crippen molar-refractivity contribution in [2.24, 2.45) is 0 Å². The molecule has 0 heterocycles. The fourth-order valence-electron chi connectivity index (χ4n) is 3.24. The van der Waals surface area contributed by atoms with Crippen LogP contribution in [0.25, 0.3) is 0 Å². The van der Waals surface area contributed by atoms with Crippen LogP contribution >= 0.6 is 0 Å². The van der Waals surface area contributed by atoms with Gasteiger partial charge in [0.05, 0.1) is 0 Å². The Balaban J connectivity index is 3.84. The third-order valence-corrected chi connectivity index (χ3v) is 5.02. The van der Waals surface area contributed by atoms with E-state index in [4.69, 9.17) is 9.47 Å². The van der Waals surface area contributed by atoms with Gasteiger partial charge in [0, 0.05) is 19.3 Å². The first-order valence-electron chi connectivity index (χ1n) is 12.0. The molecular weight excluding hydrogens is 352 g/mol. The van der Waals surface area contributed by atoms with E-state index >= 15 is 0 Å². The second-order valence-electron chi connectivity index (χ2n) is 7.94. The zero-order valence-electron chi connectivity index (χ0n) is 18.9. The summed E-state index contributed by atoms with van der Waals surface area (Å²) in [5.74, 6) is -0.480. The molecule has 0 aliphatic carbocycles. The zero-order valence-corrected chi connectivity index (χ0v) is 18.9. The lowest BCUT2D eigenvalue weighted by Gasteiger charge is -2.18. The summed E-state index contributed by atoms with van der Waals surface area (Å²) in [6, 6.07) is 0. The van der Waals surface area contributed by atoms with Gasteiger partial charge in [-0.25, -0.2) is 0 Å². The van der Waals surface area contributed by atoms with Crippen molar-refractivity contribution in [1.82, 2.24) is 0 Å². The number of carbonyl (C=O) groups excluding carboxylic acids is 2. The normalized spacial score (nSPS) is 11.0. The van der Waals surface area contributed by atoms with Crippen LogP contribution in [0.5, 0.6) is 0 Å². The predicted molar refractivity (Wildman–Crippen MR) is 116 cm³/mol. The third-order valence-electron chi connectivity index (χ3n) is 5.02. The molecule has 0 radical (unpaired) electrons. The zero-order chi connectivity index (χ0) is 20.9. The lowest BCUT2D eigenvalue weighted by molar-refractivity contribution is -0.189. The van der Waals surface area contributed by atoms with Crippen molar-refractivity contribution < 1.29 is 19.1 Å². The van der Waals surface area contributed by atoms with Gasteiger partial charge in [-0.15, -0.1) is 0 Å². The molecule has 0 N–H and O–H groups in total. The first kappa shape index (κ1) is 26.9. The molecule has 0 fully saturated rings. The Labute approximate surface area is 174 Å². The lowest BCUT2D eigenvalue weighted by atomic mass is 10.1. The van der Waals surface area contributed by atoms with E-state index < -0.39 is 6.29 Å². The molecule has 0 aliphatic heterocycles. The Bertz CT molecular complexity index is 336. The quantitative estimate of drug-likeness (QED) is 0.121. The Morgan fingerprint density at radius 1 is 0.536 bits per heavy atom. The van der Waals surface area contributed by atoms with Gasteiger partial charge in [-0.1, -0.05) is 97.8 Å². The summed E-state index contributed by atoms with van der Waals surface area (Å²) >= 11 is 0. The number of ether oxygens (including phenoxy) is 2. The number of carbonyl (C=O) groups is 2. The van der Waals surface area contributed by atoms with E-state index in [9.17, 15) is 9.59 Å². The molecule has 0 aromatic carbocycles. The van der Waals surface area contributed by atoms with Crippen molar-refractivity contribution in [3.8, 4) is 0 Å². The van der Waals surface area contributed by atoms with Crippen LogP contribution in [0, 0.1) is 0 Å². The second kappa shape index (κ2) is 20.7. The summed E-state index contributed by atoms with van der Waals surface area (Å²) in [5.41, 5.74) is 0. The molecule has 0 rings (SSSR count). The van der Waals surface area contributed by atoms with Gasteiger partial charge in [-0.2, -0.15) is 0 Å².